The van der Waals surface area contributed by atoms with E-state index in [1.807, 2.05) is 0 Å². The topological polar surface area (TPSA) is 150 Å². The Hall–Kier alpha value is -4.59. The van der Waals surface area contributed by atoms with E-state index in [0.717, 1.165) is 10.6 Å². The highest BCUT2D eigenvalue weighted by atomic mass is 35.5. The number of rotatable bonds is 10. The Morgan fingerprint density at radius 3 is 2.50 bits per heavy atom. The Labute approximate surface area is 217 Å². The van der Waals surface area contributed by atoms with Gasteiger partial charge in [0, 0.05) is 12.1 Å². The molecule has 0 amide bonds. The van der Waals surface area contributed by atoms with Gasteiger partial charge in [0.1, 0.15) is 24.4 Å². The number of H-pyrrole nitrogens is 1. The lowest BCUT2D eigenvalue weighted by Gasteiger charge is -2.16. The number of benzene rings is 2. The van der Waals surface area contributed by atoms with Gasteiger partial charge in [-0.1, -0.05) is 11.6 Å². The van der Waals surface area contributed by atoms with E-state index in [1.54, 1.807) is 0 Å². The molecule has 0 radical (unpaired) electrons. The molecule has 0 fully saturated rings. The van der Waals surface area contributed by atoms with E-state index in [0.29, 0.717) is 0 Å². The van der Waals surface area contributed by atoms with Gasteiger partial charge in [-0.2, -0.15) is 9.97 Å². The standard InChI is InChI=1S/C23H20ClF2N5O7/c1-35-14-5-4-12(25)18(26)10(14)9-38-16-7-13(11(24)6-15(16)36-2)31-20-19(28-23(31)34)21(37-3)30-22(29-20)27-8-17(32)33/h4-7H,8-9H2,1-3H3,(H,28,34)(H,32,33)(H,27,29,30). The van der Waals surface area contributed by atoms with Crippen molar-refractivity contribution in [2.45, 2.75) is 6.61 Å². The number of ether oxygens (including phenoxy) is 4. The number of aliphatic carboxylic acids is 1. The van der Waals surface area contributed by atoms with E-state index in [-0.39, 0.29) is 56.5 Å². The largest absolute Gasteiger partial charge is 0.496 e. The second kappa shape index (κ2) is 10.8. The molecule has 4 aromatic rings. The van der Waals surface area contributed by atoms with Crippen molar-refractivity contribution in [3.8, 4) is 28.8 Å². The van der Waals surface area contributed by atoms with Crippen LogP contribution in [0.25, 0.3) is 16.9 Å². The molecule has 0 aliphatic carbocycles. The molecule has 38 heavy (non-hydrogen) atoms. The first-order chi connectivity index (χ1) is 18.2. The van der Waals surface area contributed by atoms with Crippen molar-refractivity contribution in [3.63, 3.8) is 0 Å². The number of carboxylic acids is 1. The van der Waals surface area contributed by atoms with Crippen LogP contribution < -0.4 is 30.0 Å². The lowest BCUT2D eigenvalue weighted by Crippen LogP contribution is -2.17. The van der Waals surface area contributed by atoms with Crippen LogP contribution in [0, 0.1) is 11.6 Å². The van der Waals surface area contributed by atoms with Gasteiger partial charge in [-0.05, 0) is 12.1 Å². The number of carboxylic acid groups (broad SMARTS) is 1. The quantitative estimate of drug-likeness (QED) is 0.268. The zero-order chi connectivity index (χ0) is 27.6. The van der Waals surface area contributed by atoms with Crippen molar-refractivity contribution in [1.29, 1.82) is 0 Å². The summed E-state index contributed by atoms with van der Waals surface area (Å²) >= 11 is 6.46. The van der Waals surface area contributed by atoms with Crippen LogP contribution in [-0.4, -0.2) is 58.5 Å². The zero-order valence-corrected chi connectivity index (χ0v) is 20.9. The van der Waals surface area contributed by atoms with Gasteiger partial charge in [-0.3, -0.25) is 9.78 Å². The van der Waals surface area contributed by atoms with E-state index < -0.39 is 36.4 Å². The Morgan fingerprint density at radius 1 is 1.11 bits per heavy atom. The lowest BCUT2D eigenvalue weighted by atomic mass is 10.2. The molecule has 2 aromatic carbocycles. The molecular weight excluding hydrogens is 532 g/mol. The molecule has 0 atom stereocenters. The highest BCUT2D eigenvalue weighted by molar-refractivity contribution is 6.32. The molecule has 4 rings (SSSR count). The van der Waals surface area contributed by atoms with E-state index >= 15 is 0 Å². The van der Waals surface area contributed by atoms with Crippen LogP contribution in [0.2, 0.25) is 5.02 Å². The molecule has 200 valence electrons. The third kappa shape index (κ3) is 4.98. The highest BCUT2D eigenvalue weighted by Crippen LogP contribution is 2.37. The Kier molecular flexibility index (Phi) is 7.52. The van der Waals surface area contributed by atoms with Crippen LogP contribution in [0.15, 0.2) is 29.1 Å². The number of anilines is 1. The monoisotopic (exact) mass is 551 g/mol. The summed E-state index contributed by atoms with van der Waals surface area (Å²) in [7, 11) is 3.96. The maximum Gasteiger partial charge on any atom is 0.332 e. The molecule has 12 nitrogen and oxygen atoms in total. The second-order valence-corrected chi connectivity index (χ2v) is 7.96. The predicted molar refractivity (Wildman–Crippen MR) is 131 cm³/mol. The summed E-state index contributed by atoms with van der Waals surface area (Å²) in [5.41, 5.74) is -0.666. The first-order valence-electron chi connectivity index (χ1n) is 10.7. The van der Waals surface area contributed by atoms with Gasteiger partial charge in [0.05, 0.1) is 37.6 Å². The Morgan fingerprint density at radius 2 is 1.84 bits per heavy atom. The van der Waals surface area contributed by atoms with Gasteiger partial charge in [-0.15, -0.1) is 0 Å². The van der Waals surface area contributed by atoms with E-state index in [2.05, 4.69) is 20.3 Å². The summed E-state index contributed by atoms with van der Waals surface area (Å²) < 4.78 is 50.7. The fourth-order valence-electron chi connectivity index (χ4n) is 3.58. The molecule has 0 saturated heterocycles. The maximum atomic E-state index is 14.4. The molecule has 0 saturated carbocycles. The maximum absolute atomic E-state index is 14.4. The van der Waals surface area contributed by atoms with E-state index in [9.17, 15) is 18.4 Å². The van der Waals surface area contributed by atoms with Gasteiger partial charge in [0.25, 0.3) is 0 Å². The summed E-state index contributed by atoms with van der Waals surface area (Å²) in [4.78, 5) is 34.8. The van der Waals surface area contributed by atoms with Crippen molar-refractivity contribution >= 4 is 34.7 Å². The number of hydrogen-bond acceptors (Lipinski definition) is 9. The summed E-state index contributed by atoms with van der Waals surface area (Å²) in [6, 6.07) is 4.89. The van der Waals surface area contributed by atoms with Crippen molar-refractivity contribution < 1.29 is 37.6 Å². The minimum atomic E-state index is -1.16. The fraction of sp³-hybridized carbons (Fsp3) is 0.217. The number of fused-ring (bicyclic) bond motifs is 1. The smallest absolute Gasteiger partial charge is 0.332 e. The van der Waals surface area contributed by atoms with Crippen LogP contribution >= 0.6 is 11.6 Å². The van der Waals surface area contributed by atoms with Gasteiger partial charge in [0.2, 0.25) is 11.8 Å². The number of imidazole rings is 1. The molecule has 0 unspecified atom stereocenters. The summed E-state index contributed by atoms with van der Waals surface area (Å²) in [5.74, 6) is -3.31. The fourth-order valence-corrected chi connectivity index (χ4v) is 3.82. The van der Waals surface area contributed by atoms with Gasteiger partial charge >= 0.3 is 11.7 Å². The van der Waals surface area contributed by atoms with Crippen molar-refractivity contribution in [2.75, 3.05) is 33.2 Å². The van der Waals surface area contributed by atoms with E-state index in [4.69, 9.17) is 35.7 Å². The number of aromatic nitrogens is 4. The molecule has 3 N–H and O–H groups in total. The second-order valence-electron chi connectivity index (χ2n) is 7.55. The van der Waals surface area contributed by atoms with Gasteiger partial charge in [-0.25, -0.2) is 18.1 Å². The molecule has 0 aliphatic heterocycles. The third-order valence-electron chi connectivity index (χ3n) is 5.31. The van der Waals surface area contributed by atoms with Crippen molar-refractivity contribution in [3.05, 3.63) is 57.0 Å². The number of nitrogens with one attached hydrogen (secondary N) is 2. The molecule has 2 aromatic heterocycles. The zero-order valence-electron chi connectivity index (χ0n) is 20.1. The first kappa shape index (κ1) is 26.5. The predicted octanol–water partition coefficient (Wildman–Crippen LogP) is 3.14. The number of hydrogen-bond donors (Lipinski definition) is 3. The molecule has 0 spiro atoms. The minimum absolute atomic E-state index is 0.00518. The average molecular weight is 552 g/mol. The SMILES string of the molecule is COc1cc(Cl)c(-n2c(=O)[nH]c3c(OC)nc(NCC(=O)O)nc32)cc1OCc1c(OC)ccc(F)c1F. The van der Waals surface area contributed by atoms with Crippen LogP contribution in [-0.2, 0) is 11.4 Å². The van der Waals surface area contributed by atoms with Crippen molar-refractivity contribution in [2.24, 2.45) is 0 Å². The lowest BCUT2D eigenvalue weighted by molar-refractivity contribution is -0.134. The summed E-state index contributed by atoms with van der Waals surface area (Å²) in [6.07, 6.45) is 0. The first-order valence-corrected chi connectivity index (χ1v) is 11.1. The Balaban J connectivity index is 1.82. The number of nitrogens with zero attached hydrogens (tertiary/aromatic N) is 3. The number of carbonyl (C=O) groups is 1. The average Bonchev–Trinajstić information content (AvgIpc) is 3.23. The minimum Gasteiger partial charge on any atom is -0.496 e. The van der Waals surface area contributed by atoms with Crippen LogP contribution in [0.5, 0.6) is 23.1 Å². The Bertz CT molecular complexity index is 1590. The molecule has 0 bridgehead atoms. The van der Waals surface area contributed by atoms with Crippen LogP contribution in [0.3, 0.4) is 0 Å². The number of halogens is 3. The molecule has 2 heterocycles. The summed E-state index contributed by atoms with van der Waals surface area (Å²) in [6.45, 7) is -0.947. The molecule has 15 heteroatoms. The number of aromatic amines is 1. The number of methoxy groups -OCH3 is 3. The molecule has 0 aliphatic rings. The van der Waals surface area contributed by atoms with E-state index in [1.165, 1.54) is 39.5 Å². The third-order valence-corrected chi connectivity index (χ3v) is 5.62. The van der Waals surface area contributed by atoms with Crippen LogP contribution in [0.1, 0.15) is 5.56 Å². The normalized spacial score (nSPS) is 10.9. The van der Waals surface area contributed by atoms with Gasteiger partial charge < -0.3 is 29.4 Å². The van der Waals surface area contributed by atoms with Crippen molar-refractivity contribution in [1.82, 2.24) is 19.5 Å². The van der Waals surface area contributed by atoms with Gasteiger partial charge in [0.15, 0.2) is 28.8 Å². The summed E-state index contributed by atoms with van der Waals surface area (Å²) in [5, 5.41) is 11.5. The highest BCUT2D eigenvalue weighted by Gasteiger charge is 2.22. The molecular formula is C23H20ClF2N5O7. The van der Waals surface area contributed by atoms with Crippen LogP contribution in [0.4, 0.5) is 14.7 Å².